The predicted octanol–water partition coefficient (Wildman–Crippen LogP) is 1.36. The van der Waals surface area contributed by atoms with E-state index in [0.29, 0.717) is 6.42 Å². The summed E-state index contributed by atoms with van der Waals surface area (Å²) in [6.45, 7) is 9.78. The smallest absolute Gasteiger partial charge is 0.342 e. The molecule has 1 spiro atoms. The zero-order valence-electron chi connectivity index (χ0n) is 19.6. The van der Waals surface area contributed by atoms with E-state index in [4.69, 9.17) is 23.7 Å². The molecule has 4 fully saturated rings. The van der Waals surface area contributed by atoms with Gasteiger partial charge in [-0.05, 0) is 32.9 Å². The first kappa shape index (κ1) is 22.6. The topological polar surface area (TPSA) is 124 Å². The van der Waals surface area contributed by atoms with Gasteiger partial charge in [-0.1, -0.05) is 18.6 Å². The number of carbonyl (C=O) groups is 3. The first-order chi connectivity index (χ1) is 15.3. The lowest BCUT2D eigenvalue weighted by Crippen LogP contribution is -2.65. The number of aliphatic hydroxyl groups excluding tert-OH is 1. The lowest BCUT2D eigenvalue weighted by Gasteiger charge is -2.52. The van der Waals surface area contributed by atoms with E-state index in [0.717, 1.165) is 5.57 Å². The Balaban J connectivity index is 1.72. The van der Waals surface area contributed by atoms with Crippen molar-refractivity contribution >= 4 is 17.9 Å². The summed E-state index contributed by atoms with van der Waals surface area (Å²) >= 11 is 0. The molecule has 3 aliphatic heterocycles. The lowest BCUT2D eigenvalue weighted by molar-refractivity contribution is -0.197. The van der Waals surface area contributed by atoms with Crippen LogP contribution < -0.4 is 0 Å². The molecule has 9 nitrogen and oxygen atoms in total. The van der Waals surface area contributed by atoms with Gasteiger partial charge in [-0.15, -0.1) is 0 Å². The van der Waals surface area contributed by atoms with Crippen molar-refractivity contribution in [3.8, 4) is 0 Å². The van der Waals surface area contributed by atoms with Gasteiger partial charge in [0.05, 0.1) is 23.2 Å². The molecular formula is C24H30O9. The summed E-state index contributed by atoms with van der Waals surface area (Å²) in [7, 11) is 0. The van der Waals surface area contributed by atoms with Crippen LogP contribution in [0.2, 0.25) is 0 Å². The Hall–Kier alpha value is -2.23. The van der Waals surface area contributed by atoms with Crippen LogP contribution in [-0.2, 0) is 38.1 Å². The van der Waals surface area contributed by atoms with Gasteiger partial charge in [0.1, 0.15) is 12.2 Å². The Labute approximate surface area is 192 Å². The molecule has 0 unspecified atom stereocenters. The molecule has 2 aliphatic carbocycles. The molecule has 0 aromatic rings. The van der Waals surface area contributed by atoms with Crippen molar-refractivity contribution in [1.29, 1.82) is 0 Å². The fourth-order valence-corrected chi connectivity index (χ4v) is 6.64. The number of allylic oxidation sites excluding steroid dienone is 2. The van der Waals surface area contributed by atoms with E-state index >= 15 is 0 Å². The number of aliphatic hydroxyl groups is 1. The summed E-state index contributed by atoms with van der Waals surface area (Å²) in [6.07, 6.45) is 1.76. The van der Waals surface area contributed by atoms with Gasteiger partial charge in [-0.25, -0.2) is 4.79 Å². The van der Waals surface area contributed by atoms with Gasteiger partial charge in [0.2, 0.25) is 0 Å². The van der Waals surface area contributed by atoms with Gasteiger partial charge in [0.25, 0.3) is 0 Å². The molecule has 0 amide bonds. The Bertz CT molecular complexity index is 1000. The average Bonchev–Trinajstić information content (AvgIpc) is 3.53. The van der Waals surface area contributed by atoms with Crippen molar-refractivity contribution < 1.29 is 43.2 Å². The molecule has 10 atom stereocenters. The fraction of sp³-hybridized carbons (Fsp3) is 0.708. The van der Waals surface area contributed by atoms with Crippen LogP contribution in [0.5, 0.6) is 0 Å². The van der Waals surface area contributed by atoms with Crippen LogP contribution in [-0.4, -0.2) is 70.3 Å². The Kier molecular flexibility index (Phi) is 4.56. The zero-order chi connectivity index (χ0) is 24.1. The monoisotopic (exact) mass is 462 g/mol. The van der Waals surface area contributed by atoms with Crippen LogP contribution in [0.15, 0.2) is 23.8 Å². The number of ether oxygens (including phenoxy) is 5. The number of carbonyl (C=O) groups excluding carboxylic acids is 3. The number of fused-ring (bicyclic) bond motifs is 3. The minimum atomic E-state index is -1.33. The molecule has 180 valence electrons. The first-order valence-corrected chi connectivity index (χ1v) is 11.3. The Morgan fingerprint density at radius 1 is 1.15 bits per heavy atom. The Morgan fingerprint density at radius 2 is 1.82 bits per heavy atom. The maximum atomic E-state index is 12.7. The van der Waals surface area contributed by atoms with E-state index in [9.17, 15) is 19.5 Å². The molecule has 3 saturated heterocycles. The van der Waals surface area contributed by atoms with Crippen molar-refractivity contribution in [2.24, 2.45) is 11.3 Å². The molecule has 33 heavy (non-hydrogen) atoms. The summed E-state index contributed by atoms with van der Waals surface area (Å²) < 4.78 is 29.2. The van der Waals surface area contributed by atoms with Crippen molar-refractivity contribution in [3.63, 3.8) is 0 Å². The van der Waals surface area contributed by atoms with Gasteiger partial charge in [0, 0.05) is 26.2 Å². The van der Waals surface area contributed by atoms with Crippen molar-refractivity contribution in [1.82, 2.24) is 0 Å². The van der Waals surface area contributed by atoms with E-state index in [1.54, 1.807) is 25.2 Å². The van der Waals surface area contributed by atoms with Gasteiger partial charge >= 0.3 is 17.9 Å². The van der Waals surface area contributed by atoms with E-state index in [2.05, 4.69) is 0 Å². The lowest BCUT2D eigenvalue weighted by atomic mass is 9.54. The molecule has 1 saturated carbocycles. The molecule has 5 rings (SSSR count). The fourth-order valence-electron chi connectivity index (χ4n) is 6.64. The molecule has 0 aromatic carbocycles. The minimum Gasteiger partial charge on any atom is -0.462 e. The van der Waals surface area contributed by atoms with E-state index in [1.165, 1.54) is 13.8 Å². The van der Waals surface area contributed by atoms with Gasteiger partial charge in [-0.2, -0.15) is 0 Å². The number of esters is 3. The summed E-state index contributed by atoms with van der Waals surface area (Å²) in [5.41, 5.74) is -3.80. The Morgan fingerprint density at radius 3 is 2.42 bits per heavy atom. The van der Waals surface area contributed by atoms with Crippen LogP contribution in [0.25, 0.3) is 0 Å². The SMILES string of the molecule is CC(=O)O[C@H]1/C=C/C(C)=C\[C@@H]2OC(=O)[C@]3(C)O[C@]23[C@@H](O)[C@H]2[C@]3(C)O[C@@H]3C[C@H](OC(C)=O)[C@]12C. The van der Waals surface area contributed by atoms with Crippen molar-refractivity contribution in [2.45, 2.75) is 95.3 Å². The molecule has 0 radical (unpaired) electrons. The highest BCUT2D eigenvalue weighted by molar-refractivity contribution is 5.89. The third-order valence-corrected chi connectivity index (χ3v) is 8.43. The number of epoxide rings is 2. The van der Waals surface area contributed by atoms with Gasteiger partial charge in [0.15, 0.2) is 17.3 Å². The van der Waals surface area contributed by atoms with E-state index < -0.39 is 70.5 Å². The van der Waals surface area contributed by atoms with Gasteiger partial charge < -0.3 is 28.8 Å². The summed E-state index contributed by atoms with van der Waals surface area (Å²) in [5.74, 6) is -2.25. The number of hydrogen-bond acceptors (Lipinski definition) is 9. The van der Waals surface area contributed by atoms with Crippen LogP contribution >= 0.6 is 0 Å². The molecular weight excluding hydrogens is 432 g/mol. The quantitative estimate of drug-likeness (QED) is 0.368. The second kappa shape index (κ2) is 6.67. The van der Waals surface area contributed by atoms with E-state index in [-0.39, 0.29) is 6.10 Å². The standard InChI is InChI=1S/C24H30O9/c1-11-7-8-14(29-12(2)25)21(4)15(30-13(3)26)10-16-22(5,32-16)18(21)19(27)24-17(9-11)31-20(28)23(24,6)33-24/h7-9,14-19,27H,10H2,1-6H3/b8-7+,11-9-/t14-,15-,16+,17-,18+,19-,21-,22+,23-,24-/m0/s1. The molecule has 0 bridgehead atoms. The zero-order valence-corrected chi connectivity index (χ0v) is 19.6. The predicted molar refractivity (Wildman–Crippen MR) is 112 cm³/mol. The molecule has 0 aromatic heterocycles. The summed E-state index contributed by atoms with van der Waals surface area (Å²) in [5, 5.41) is 12.0. The molecule has 9 heteroatoms. The largest absolute Gasteiger partial charge is 0.462 e. The normalized spacial score (nSPS) is 54.2. The van der Waals surface area contributed by atoms with Crippen LogP contribution in [0.1, 0.15) is 48.0 Å². The second-order valence-corrected chi connectivity index (χ2v) is 10.5. The first-order valence-electron chi connectivity index (χ1n) is 11.3. The maximum Gasteiger partial charge on any atom is 0.342 e. The highest BCUT2D eigenvalue weighted by Gasteiger charge is 2.88. The third kappa shape index (κ3) is 2.79. The van der Waals surface area contributed by atoms with E-state index in [1.807, 2.05) is 20.8 Å². The summed E-state index contributed by atoms with van der Waals surface area (Å²) in [6, 6.07) is 0. The second-order valence-electron chi connectivity index (χ2n) is 10.5. The van der Waals surface area contributed by atoms with Crippen molar-refractivity contribution in [3.05, 3.63) is 23.8 Å². The molecule has 1 N–H and O–H groups in total. The van der Waals surface area contributed by atoms with Crippen LogP contribution in [0.3, 0.4) is 0 Å². The molecule has 5 aliphatic rings. The number of hydrogen-bond donors (Lipinski definition) is 1. The maximum absolute atomic E-state index is 12.7. The molecule has 3 heterocycles. The highest BCUT2D eigenvalue weighted by Crippen LogP contribution is 2.68. The third-order valence-electron chi connectivity index (χ3n) is 8.43. The summed E-state index contributed by atoms with van der Waals surface area (Å²) in [4.78, 5) is 36.9. The van der Waals surface area contributed by atoms with Crippen LogP contribution in [0, 0.1) is 11.3 Å². The minimum absolute atomic E-state index is 0.269. The number of rotatable bonds is 2. The highest BCUT2D eigenvalue weighted by atomic mass is 16.7. The average molecular weight is 462 g/mol. The van der Waals surface area contributed by atoms with Gasteiger partial charge in [-0.3, -0.25) is 9.59 Å². The van der Waals surface area contributed by atoms with Crippen molar-refractivity contribution in [2.75, 3.05) is 0 Å². The van der Waals surface area contributed by atoms with Crippen LogP contribution in [0.4, 0.5) is 0 Å².